The van der Waals surface area contributed by atoms with Crippen LogP contribution < -0.4 is 0 Å². The number of Topliss-reactive ketones (excluding diaryl/α,β-unsaturated/α-hetero) is 1. The van der Waals surface area contributed by atoms with E-state index < -0.39 is 0 Å². The van der Waals surface area contributed by atoms with E-state index >= 15 is 0 Å². The minimum Gasteiger partial charge on any atom is -0.300 e. The van der Waals surface area contributed by atoms with E-state index in [0.717, 1.165) is 25.7 Å². The lowest BCUT2D eigenvalue weighted by atomic mass is 9.80. The molecule has 2 fully saturated rings. The lowest BCUT2D eigenvalue weighted by Gasteiger charge is -2.29. The summed E-state index contributed by atoms with van der Waals surface area (Å²) in [7, 11) is 0. The number of likely N-dealkylation sites (tertiary alicyclic amines) is 1. The molecule has 0 radical (unpaired) electrons. The summed E-state index contributed by atoms with van der Waals surface area (Å²) in [4.78, 5) is 36.6. The van der Waals surface area contributed by atoms with Crippen molar-refractivity contribution in [3.8, 4) is 0 Å². The van der Waals surface area contributed by atoms with E-state index in [1.165, 1.54) is 16.7 Å². The first-order valence-electron chi connectivity index (χ1n) is 6.90. The molecule has 1 saturated heterocycles. The van der Waals surface area contributed by atoms with Crippen molar-refractivity contribution in [2.45, 2.75) is 44.3 Å². The SMILES string of the molecule is CSC1CC(=O)N(CC2CCC(C(C)=O)CC2)C1=O. The van der Waals surface area contributed by atoms with Crippen molar-refractivity contribution in [1.82, 2.24) is 4.90 Å². The zero-order valence-electron chi connectivity index (χ0n) is 11.6. The van der Waals surface area contributed by atoms with Crippen LogP contribution in [0, 0.1) is 11.8 Å². The molecule has 2 rings (SSSR count). The molecule has 1 aliphatic carbocycles. The molecule has 1 aliphatic heterocycles. The molecule has 2 aliphatic rings. The van der Waals surface area contributed by atoms with Crippen LogP contribution in [0.3, 0.4) is 0 Å². The fraction of sp³-hybridized carbons (Fsp3) is 0.786. The van der Waals surface area contributed by atoms with Gasteiger partial charge in [-0.25, -0.2) is 0 Å². The topological polar surface area (TPSA) is 54.5 Å². The number of rotatable bonds is 4. The van der Waals surface area contributed by atoms with Gasteiger partial charge in [-0.3, -0.25) is 19.3 Å². The second kappa shape index (κ2) is 6.07. The van der Waals surface area contributed by atoms with E-state index in [0.29, 0.717) is 18.9 Å². The second-order valence-corrected chi connectivity index (χ2v) is 6.64. The lowest BCUT2D eigenvalue weighted by molar-refractivity contribution is -0.139. The third-order valence-corrected chi connectivity index (χ3v) is 5.29. The monoisotopic (exact) mass is 283 g/mol. The summed E-state index contributed by atoms with van der Waals surface area (Å²) < 4.78 is 0. The predicted octanol–water partition coefficient (Wildman–Crippen LogP) is 1.87. The highest BCUT2D eigenvalue weighted by Gasteiger charge is 2.39. The summed E-state index contributed by atoms with van der Waals surface area (Å²) in [5.74, 6) is 0.794. The van der Waals surface area contributed by atoms with Crippen LogP contribution in [-0.4, -0.2) is 40.5 Å². The number of hydrogen-bond donors (Lipinski definition) is 0. The van der Waals surface area contributed by atoms with Crippen LogP contribution in [0.2, 0.25) is 0 Å². The molecule has 0 bridgehead atoms. The van der Waals surface area contributed by atoms with Gasteiger partial charge in [0, 0.05) is 18.9 Å². The van der Waals surface area contributed by atoms with Crippen molar-refractivity contribution in [1.29, 1.82) is 0 Å². The normalized spacial score (nSPS) is 31.9. The molecular weight excluding hydrogens is 262 g/mol. The first-order valence-corrected chi connectivity index (χ1v) is 8.19. The Morgan fingerprint density at radius 2 is 1.89 bits per heavy atom. The molecule has 1 heterocycles. The van der Waals surface area contributed by atoms with Crippen LogP contribution in [0.25, 0.3) is 0 Å². The summed E-state index contributed by atoms with van der Waals surface area (Å²) in [6.07, 6.45) is 5.93. The molecule has 0 aromatic carbocycles. The summed E-state index contributed by atoms with van der Waals surface area (Å²) >= 11 is 1.46. The summed E-state index contributed by atoms with van der Waals surface area (Å²) in [6.45, 7) is 2.21. The standard InChI is InChI=1S/C14H21NO3S/c1-9(16)11-5-3-10(4-6-11)8-15-13(17)7-12(19-2)14(15)18/h10-12H,3-8H2,1-2H3. The average Bonchev–Trinajstić information content (AvgIpc) is 2.67. The van der Waals surface area contributed by atoms with E-state index in [1.54, 1.807) is 6.92 Å². The van der Waals surface area contributed by atoms with Gasteiger partial charge in [-0.1, -0.05) is 0 Å². The number of carbonyl (C=O) groups is 3. The van der Waals surface area contributed by atoms with E-state index in [2.05, 4.69) is 0 Å². The van der Waals surface area contributed by atoms with Crippen molar-refractivity contribution in [2.75, 3.05) is 12.8 Å². The Hall–Kier alpha value is -0.840. The van der Waals surface area contributed by atoms with Crippen molar-refractivity contribution >= 4 is 29.4 Å². The van der Waals surface area contributed by atoms with Gasteiger partial charge in [0.05, 0.1) is 5.25 Å². The number of nitrogens with zero attached hydrogens (tertiary/aromatic N) is 1. The zero-order chi connectivity index (χ0) is 14.0. The minimum absolute atomic E-state index is 0.0220. The van der Waals surface area contributed by atoms with Gasteiger partial charge in [-0.2, -0.15) is 11.8 Å². The van der Waals surface area contributed by atoms with Gasteiger partial charge >= 0.3 is 0 Å². The molecule has 1 unspecified atom stereocenters. The number of amides is 2. The molecule has 0 spiro atoms. The molecule has 0 aromatic rings. The van der Waals surface area contributed by atoms with Crippen molar-refractivity contribution in [3.63, 3.8) is 0 Å². The third kappa shape index (κ3) is 3.19. The van der Waals surface area contributed by atoms with Gasteiger partial charge in [0.15, 0.2) is 0 Å². The average molecular weight is 283 g/mol. The molecule has 2 amide bonds. The first kappa shape index (κ1) is 14.6. The summed E-state index contributed by atoms with van der Waals surface area (Å²) in [6, 6.07) is 0. The Morgan fingerprint density at radius 3 is 2.37 bits per heavy atom. The molecule has 5 heteroatoms. The molecular formula is C14H21NO3S. The third-order valence-electron chi connectivity index (χ3n) is 4.35. The van der Waals surface area contributed by atoms with Crippen LogP contribution in [-0.2, 0) is 14.4 Å². The van der Waals surface area contributed by atoms with Crippen LogP contribution in [0.4, 0.5) is 0 Å². The van der Waals surface area contributed by atoms with Crippen molar-refractivity contribution in [2.24, 2.45) is 11.8 Å². The highest BCUT2D eigenvalue weighted by atomic mass is 32.2. The molecule has 106 valence electrons. The van der Waals surface area contributed by atoms with E-state index in [1.807, 2.05) is 6.26 Å². The maximum atomic E-state index is 12.0. The highest BCUT2D eigenvalue weighted by molar-refractivity contribution is 8.00. The van der Waals surface area contributed by atoms with Crippen LogP contribution >= 0.6 is 11.8 Å². The second-order valence-electron chi connectivity index (χ2n) is 5.60. The van der Waals surface area contributed by atoms with E-state index in [4.69, 9.17) is 0 Å². The molecule has 0 aromatic heterocycles. The van der Waals surface area contributed by atoms with Crippen molar-refractivity contribution in [3.05, 3.63) is 0 Å². The van der Waals surface area contributed by atoms with E-state index in [-0.39, 0.29) is 28.8 Å². The van der Waals surface area contributed by atoms with Crippen molar-refractivity contribution < 1.29 is 14.4 Å². The van der Waals surface area contributed by atoms with Crippen LogP contribution in [0.5, 0.6) is 0 Å². The maximum Gasteiger partial charge on any atom is 0.242 e. The Kier molecular flexibility index (Phi) is 4.66. The minimum atomic E-state index is -0.180. The quantitative estimate of drug-likeness (QED) is 0.739. The highest BCUT2D eigenvalue weighted by Crippen LogP contribution is 2.32. The van der Waals surface area contributed by atoms with Crippen LogP contribution in [0.1, 0.15) is 39.0 Å². The zero-order valence-corrected chi connectivity index (χ0v) is 12.4. The van der Waals surface area contributed by atoms with Gasteiger partial charge < -0.3 is 0 Å². The van der Waals surface area contributed by atoms with Gasteiger partial charge in [0.25, 0.3) is 0 Å². The van der Waals surface area contributed by atoms with Gasteiger partial charge in [-0.05, 0) is 44.8 Å². The number of imide groups is 1. The molecule has 1 atom stereocenters. The molecule has 0 N–H and O–H groups in total. The Balaban J connectivity index is 1.87. The van der Waals surface area contributed by atoms with Crippen LogP contribution in [0.15, 0.2) is 0 Å². The lowest BCUT2D eigenvalue weighted by Crippen LogP contribution is -2.37. The molecule has 4 nitrogen and oxygen atoms in total. The Morgan fingerprint density at radius 1 is 1.26 bits per heavy atom. The first-order chi connectivity index (χ1) is 9.02. The summed E-state index contributed by atoms with van der Waals surface area (Å²) in [5, 5.41) is -0.180. The van der Waals surface area contributed by atoms with Gasteiger partial charge in [-0.15, -0.1) is 0 Å². The van der Waals surface area contributed by atoms with Gasteiger partial charge in [0.1, 0.15) is 5.78 Å². The fourth-order valence-electron chi connectivity index (χ4n) is 3.04. The Labute approximate surface area is 118 Å². The number of carbonyl (C=O) groups excluding carboxylic acids is 3. The number of hydrogen-bond acceptors (Lipinski definition) is 4. The smallest absolute Gasteiger partial charge is 0.242 e. The predicted molar refractivity (Wildman–Crippen MR) is 74.8 cm³/mol. The fourth-order valence-corrected chi connectivity index (χ4v) is 3.68. The Bertz CT molecular complexity index is 388. The number of thioether (sulfide) groups is 1. The summed E-state index contributed by atoms with van der Waals surface area (Å²) in [5.41, 5.74) is 0. The molecule has 19 heavy (non-hydrogen) atoms. The van der Waals surface area contributed by atoms with Gasteiger partial charge in [0.2, 0.25) is 11.8 Å². The largest absolute Gasteiger partial charge is 0.300 e. The maximum absolute atomic E-state index is 12.0. The van der Waals surface area contributed by atoms with E-state index in [9.17, 15) is 14.4 Å². The number of ketones is 1. The molecule has 1 saturated carbocycles.